The maximum Gasteiger partial charge on any atom is 0.239 e. The quantitative estimate of drug-likeness (QED) is 0.716. The predicted molar refractivity (Wildman–Crippen MR) is 61.5 cm³/mol. The molecular weight excluding hydrogens is 190 g/mol. The Balaban J connectivity index is 2.59. The molecular formula is C11H23N3O. The third kappa shape index (κ3) is 2.92. The Bertz CT molecular complexity index is 230. The van der Waals surface area contributed by atoms with Gasteiger partial charge in [0.25, 0.3) is 0 Å². The lowest BCUT2D eigenvalue weighted by Crippen LogP contribution is -2.53. The van der Waals surface area contributed by atoms with Crippen LogP contribution in [0.15, 0.2) is 0 Å². The minimum Gasteiger partial charge on any atom is -0.347 e. The second-order valence-corrected chi connectivity index (χ2v) is 4.78. The number of amides is 1. The van der Waals surface area contributed by atoms with Gasteiger partial charge < -0.3 is 10.6 Å². The highest BCUT2D eigenvalue weighted by atomic mass is 16.2. The van der Waals surface area contributed by atoms with E-state index >= 15 is 0 Å². The van der Waals surface area contributed by atoms with Crippen molar-refractivity contribution in [2.75, 3.05) is 20.6 Å². The Morgan fingerprint density at radius 1 is 1.53 bits per heavy atom. The van der Waals surface area contributed by atoms with Gasteiger partial charge in [0, 0.05) is 32.7 Å². The van der Waals surface area contributed by atoms with Gasteiger partial charge in [-0.2, -0.15) is 0 Å². The van der Waals surface area contributed by atoms with Crippen molar-refractivity contribution in [3.8, 4) is 0 Å². The Kier molecular flexibility index (Phi) is 4.11. The molecule has 88 valence electrons. The fourth-order valence-corrected chi connectivity index (χ4v) is 2.32. The number of likely N-dealkylation sites (N-methyl/N-ethyl adjacent to an activating group) is 1. The van der Waals surface area contributed by atoms with E-state index in [4.69, 9.17) is 5.73 Å². The summed E-state index contributed by atoms with van der Waals surface area (Å²) in [6.07, 6.45) is 1.99. The first-order chi connectivity index (χ1) is 6.93. The van der Waals surface area contributed by atoms with Gasteiger partial charge in [-0.05, 0) is 26.7 Å². The van der Waals surface area contributed by atoms with Crippen molar-refractivity contribution >= 4 is 5.91 Å². The van der Waals surface area contributed by atoms with Crippen molar-refractivity contribution in [1.29, 1.82) is 0 Å². The molecule has 0 bridgehead atoms. The van der Waals surface area contributed by atoms with Crippen LogP contribution >= 0.6 is 0 Å². The first kappa shape index (κ1) is 12.5. The molecule has 0 spiro atoms. The zero-order chi connectivity index (χ0) is 11.6. The summed E-state index contributed by atoms with van der Waals surface area (Å²) in [5.41, 5.74) is 5.90. The number of nitrogens with two attached hydrogens (primary N) is 1. The highest BCUT2D eigenvalue weighted by molar-refractivity contribution is 5.81. The normalized spacial score (nSPS) is 29.9. The highest BCUT2D eigenvalue weighted by Crippen LogP contribution is 2.19. The summed E-state index contributed by atoms with van der Waals surface area (Å²) >= 11 is 0. The molecule has 15 heavy (non-hydrogen) atoms. The molecule has 3 unspecified atom stereocenters. The standard InChI is InChI=1S/C11H23N3O/c1-8-7-10(12)5-6-14(8)9(2)11(15)13(3)4/h8-10H,5-7,12H2,1-4H3. The molecule has 0 aromatic heterocycles. The van der Waals surface area contributed by atoms with Gasteiger partial charge in [0.05, 0.1) is 6.04 Å². The molecule has 1 fully saturated rings. The minimum atomic E-state index is -0.0255. The number of nitrogens with zero attached hydrogens (tertiary/aromatic N) is 2. The second-order valence-electron chi connectivity index (χ2n) is 4.78. The molecule has 1 rings (SSSR count). The lowest BCUT2D eigenvalue weighted by Gasteiger charge is -2.40. The molecule has 4 nitrogen and oxygen atoms in total. The lowest BCUT2D eigenvalue weighted by atomic mass is 9.97. The number of hydrogen-bond donors (Lipinski definition) is 1. The molecule has 2 N–H and O–H groups in total. The molecule has 1 amide bonds. The van der Waals surface area contributed by atoms with Gasteiger partial charge in [0.2, 0.25) is 5.91 Å². The minimum absolute atomic E-state index is 0.0255. The molecule has 4 heteroatoms. The highest BCUT2D eigenvalue weighted by Gasteiger charge is 2.30. The topological polar surface area (TPSA) is 49.6 Å². The molecule has 0 aromatic carbocycles. The summed E-state index contributed by atoms with van der Waals surface area (Å²) in [6.45, 7) is 5.07. The van der Waals surface area contributed by atoms with Gasteiger partial charge in [-0.25, -0.2) is 0 Å². The largest absolute Gasteiger partial charge is 0.347 e. The van der Waals surface area contributed by atoms with Gasteiger partial charge in [-0.15, -0.1) is 0 Å². The van der Waals surface area contributed by atoms with Crippen LogP contribution in [0.3, 0.4) is 0 Å². The van der Waals surface area contributed by atoms with Crippen LogP contribution in [0.4, 0.5) is 0 Å². The van der Waals surface area contributed by atoms with Gasteiger partial charge in [0.1, 0.15) is 0 Å². The fourth-order valence-electron chi connectivity index (χ4n) is 2.32. The Morgan fingerprint density at radius 2 is 2.13 bits per heavy atom. The first-order valence-electron chi connectivity index (χ1n) is 5.66. The van der Waals surface area contributed by atoms with Crippen molar-refractivity contribution in [3.63, 3.8) is 0 Å². The van der Waals surface area contributed by atoms with E-state index in [-0.39, 0.29) is 11.9 Å². The van der Waals surface area contributed by atoms with Gasteiger partial charge in [-0.3, -0.25) is 9.69 Å². The van der Waals surface area contributed by atoms with Crippen LogP contribution in [0.25, 0.3) is 0 Å². The number of likely N-dealkylation sites (tertiary alicyclic amines) is 1. The Labute approximate surface area is 92.4 Å². The monoisotopic (exact) mass is 213 g/mol. The van der Waals surface area contributed by atoms with Crippen molar-refractivity contribution in [3.05, 3.63) is 0 Å². The molecule has 1 heterocycles. The smallest absolute Gasteiger partial charge is 0.239 e. The fraction of sp³-hybridized carbons (Fsp3) is 0.909. The summed E-state index contributed by atoms with van der Waals surface area (Å²) in [7, 11) is 3.61. The van der Waals surface area contributed by atoms with Crippen molar-refractivity contribution in [2.45, 2.75) is 44.8 Å². The van der Waals surface area contributed by atoms with Crippen LogP contribution in [-0.4, -0.2) is 54.5 Å². The summed E-state index contributed by atoms with van der Waals surface area (Å²) in [5, 5.41) is 0. The van der Waals surface area contributed by atoms with Gasteiger partial charge >= 0.3 is 0 Å². The number of piperidine rings is 1. The van der Waals surface area contributed by atoms with Crippen LogP contribution in [0, 0.1) is 0 Å². The average Bonchev–Trinajstić information content (AvgIpc) is 2.15. The molecule has 3 atom stereocenters. The molecule has 1 aliphatic rings. The van der Waals surface area contributed by atoms with E-state index in [2.05, 4.69) is 11.8 Å². The van der Waals surface area contributed by atoms with Crippen LogP contribution < -0.4 is 5.73 Å². The van der Waals surface area contributed by atoms with E-state index in [9.17, 15) is 4.79 Å². The van der Waals surface area contributed by atoms with Crippen molar-refractivity contribution in [2.24, 2.45) is 5.73 Å². The molecule has 0 saturated carbocycles. The second kappa shape index (κ2) is 4.94. The van der Waals surface area contributed by atoms with Crippen LogP contribution in [0.5, 0.6) is 0 Å². The van der Waals surface area contributed by atoms with E-state index < -0.39 is 0 Å². The number of hydrogen-bond acceptors (Lipinski definition) is 3. The van der Waals surface area contributed by atoms with E-state index in [1.165, 1.54) is 0 Å². The zero-order valence-electron chi connectivity index (χ0n) is 10.2. The van der Waals surface area contributed by atoms with Crippen LogP contribution in [0.1, 0.15) is 26.7 Å². The maximum atomic E-state index is 11.8. The number of rotatable bonds is 2. The summed E-state index contributed by atoms with van der Waals surface area (Å²) < 4.78 is 0. The third-order valence-corrected chi connectivity index (χ3v) is 3.26. The predicted octanol–water partition coefficient (Wildman–Crippen LogP) is 0.275. The lowest BCUT2D eigenvalue weighted by molar-refractivity contribution is -0.135. The van der Waals surface area contributed by atoms with E-state index in [0.29, 0.717) is 12.1 Å². The van der Waals surface area contributed by atoms with Gasteiger partial charge in [-0.1, -0.05) is 0 Å². The molecule has 0 aromatic rings. The first-order valence-corrected chi connectivity index (χ1v) is 5.66. The summed E-state index contributed by atoms with van der Waals surface area (Å²) in [5.74, 6) is 0.178. The third-order valence-electron chi connectivity index (χ3n) is 3.26. The van der Waals surface area contributed by atoms with Crippen molar-refractivity contribution < 1.29 is 4.79 Å². The maximum absolute atomic E-state index is 11.8. The molecule has 0 aliphatic carbocycles. The van der Waals surface area contributed by atoms with E-state index in [1.54, 1.807) is 19.0 Å². The van der Waals surface area contributed by atoms with Gasteiger partial charge in [0.15, 0.2) is 0 Å². The van der Waals surface area contributed by atoms with Crippen LogP contribution in [0.2, 0.25) is 0 Å². The summed E-state index contributed by atoms with van der Waals surface area (Å²) in [6, 6.07) is 0.688. The van der Waals surface area contributed by atoms with E-state index in [1.807, 2.05) is 6.92 Å². The number of carbonyl (C=O) groups is 1. The molecule has 1 aliphatic heterocycles. The van der Waals surface area contributed by atoms with E-state index in [0.717, 1.165) is 19.4 Å². The molecule has 1 saturated heterocycles. The van der Waals surface area contributed by atoms with Crippen molar-refractivity contribution in [1.82, 2.24) is 9.80 Å². The SMILES string of the molecule is CC1CC(N)CCN1C(C)C(=O)N(C)C. The zero-order valence-corrected chi connectivity index (χ0v) is 10.2. The Hall–Kier alpha value is -0.610. The average molecular weight is 213 g/mol. The van der Waals surface area contributed by atoms with Crippen LogP contribution in [-0.2, 0) is 4.79 Å². The molecule has 0 radical (unpaired) electrons. The summed E-state index contributed by atoms with van der Waals surface area (Å²) in [4.78, 5) is 15.7. The number of carbonyl (C=O) groups excluding carboxylic acids is 1. The Morgan fingerprint density at radius 3 is 2.60 bits per heavy atom.